The molecule has 0 radical (unpaired) electrons. The zero-order valence-electron chi connectivity index (χ0n) is 10.5. The number of hydrogen-bond acceptors (Lipinski definition) is 5. The van der Waals surface area contributed by atoms with Crippen LogP contribution in [0.25, 0.3) is 0 Å². The minimum absolute atomic E-state index is 0.255. The van der Waals surface area contributed by atoms with E-state index in [0.29, 0.717) is 11.7 Å². The van der Waals surface area contributed by atoms with Crippen LogP contribution < -0.4 is 10.5 Å². The Bertz CT molecular complexity index is 375. The molecule has 1 aliphatic heterocycles. The van der Waals surface area contributed by atoms with Gasteiger partial charge in [0.25, 0.3) is 0 Å². The average molecular weight is 236 g/mol. The number of nitrogen functional groups attached to an aromatic ring is 1. The normalized spacial score (nSPS) is 18.2. The van der Waals surface area contributed by atoms with Gasteiger partial charge in [-0.25, -0.2) is 9.97 Å². The lowest BCUT2D eigenvalue weighted by Gasteiger charge is -2.29. The van der Waals surface area contributed by atoms with Crippen LogP contribution in [0.5, 0.6) is 5.88 Å². The maximum atomic E-state index is 5.95. The van der Waals surface area contributed by atoms with Gasteiger partial charge >= 0.3 is 0 Å². The number of aromatic nitrogens is 2. The summed E-state index contributed by atoms with van der Waals surface area (Å²) in [5, 5.41) is 0. The van der Waals surface area contributed by atoms with Crippen molar-refractivity contribution < 1.29 is 4.74 Å². The molecule has 2 rings (SSSR count). The Labute approximate surface area is 102 Å². The molecule has 0 aliphatic carbocycles. The summed E-state index contributed by atoms with van der Waals surface area (Å²) in [5.74, 6) is 1.19. The zero-order valence-corrected chi connectivity index (χ0v) is 10.5. The first kappa shape index (κ1) is 12.1. The van der Waals surface area contributed by atoms with Crippen LogP contribution in [0.3, 0.4) is 0 Å². The van der Waals surface area contributed by atoms with Crippen LogP contribution in [0.2, 0.25) is 0 Å². The van der Waals surface area contributed by atoms with Gasteiger partial charge in [-0.15, -0.1) is 0 Å². The first-order valence-corrected chi connectivity index (χ1v) is 6.15. The van der Waals surface area contributed by atoms with Crippen LogP contribution in [0.15, 0.2) is 6.33 Å². The zero-order chi connectivity index (χ0) is 12.3. The topological polar surface area (TPSA) is 64.3 Å². The molecule has 1 aromatic heterocycles. The highest BCUT2D eigenvalue weighted by atomic mass is 16.5. The molecule has 17 heavy (non-hydrogen) atoms. The summed E-state index contributed by atoms with van der Waals surface area (Å²) in [6.07, 6.45) is 4.62. The van der Waals surface area contributed by atoms with Gasteiger partial charge in [-0.3, -0.25) is 0 Å². The number of anilines is 1. The van der Waals surface area contributed by atoms with E-state index in [1.54, 1.807) is 0 Å². The van der Waals surface area contributed by atoms with E-state index < -0.39 is 0 Å². The van der Waals surface area contributed by atoms with Crippen molar-refractivity contribution in [2.45, 2.75) is 32.3 Å². The van der Waals surface area contributed by atoms with Crippen LogP contribution in [0.1, 0.15) is 25.3 Å². The summed E-state index contributed by atoms with van der Waals surface area (Å²) in [4.78, 5) is 10.5. The second-order valence-corrected chi connectivity index (χ2v) is 4.52. The smallest absolute Gasteiger partial charge is 0.222 e. The van der Waals surface area contributed by atoms with E-state index in [1.807, 2.05) is 6.92 Å². The molecule has 0 unspecified atom stereocenters. The summed E-state index contributed by atoms with van der Waals surface area (Å²) >= 11 is 0. The molecular weight excluding hydrogens is 216 g/mol. The minimum Gasteiger partial charge on any atom is -0.474 e. The fourth-order valence-corrected chi connectivity index (χ4v) is 2.10. The van der Waals surface area contributed by atoms with Crippen molar-refractivity contribution in [1.29, 1.82) is 0 Å². The third-order valence-electron chi connectivity index (χ3n) is 3.24. The number of piperidine rings is 1. The van der Waals surface area contributed by atoms with Gasteiger partial charge in [-0.1, -0.05) is 6.92 Å². The Hall–Kier alpha value is -1.36. The molecule has 1 aliphatic rings. The molecule has 2 heterocycles. The van der Waals surface area contributed by atoms with Gasteiger partial charge in [0.05, 0.1) is 5.56 Å². The van der Waals surface area contributed by atoms with E-state index in [9.17, 15) is 0 Å². The highest BCUT2D eigenvalue weighted by Gasteiger charge is 2.20. The predicted molar refractivity (Wildman–Crippen MR) is 67.0 cm³/mol. The second kappa shape index (κ2) is 5.31. The van der Waals surface area contributed by atoms with E-state index in [1.165, 1.54) is 6.33 Å². The molecule has 0 saturated carbocycles. The van der Waals surface area contributed by atoms with E-state index in [4.69, 9.17) is 10.5 Å². The molecule has 5 heteroatoms. The fraction of sp³-hybridized carbons (Fsp3) is 0.667. The first-order chi connectivity index (χ1) is 8.20. The molecule has 0 atom stereocenters. The van der Waals surface area contributed by atoms with Crippen LogP contribution in [-0.4, -0.2) is 41.1 Å². The maximum absolute atomic E-state index is 5.95. The van der Waals surface area contributed by atoms with Crippen molar-refractivity contribution in [3.8, 4) is 5.88 Å². The molecule has 94 valence electrons. The van der Waals surface area contributed by atoms with Crippen LogP contribution in [-0.2, 0) is 6.42 Å². The number of ether oxygens (including phenoxy) is 1. The monoisotopic (exact) mass is 236 g/mol. The van der Waals surface area contributed by atoms with E-state index in [-0.39, 0.29) is 6.10 Å². The van der Waals surface area contributed by atoms with Crippen molar-refractivity contribution in [3.63, 3.8) is 0 Å². The van der Waals surface area contributed by atoms with E-state index >= 15 is 0 Å². The van der Waals surface area contributed by atoms with Crippen molar-refractivity contribution in [2.24, 2.45) is 0 Å². The Morgan fingerprint density at radius 1 is 1.41 bits per heavy atom. The number of likely N-dealkylation sites (tertiary alicyclic amines) is 1. The summed E-state index contributed by atoms with van der Waals surface area (Å²) in [6.45, 7) is 4.19. The molecule has 5 nitrogen and oxygen atoms in total. The Kier molecular flexibility index (Phi) is 3.78. The number of rotatable bonds is 3. The highest BCUT2D eigenvalue weighted by Crippen LogP contribution is 2.23. The van der Waals surface area contributed by atoms with Gasteiger partial charge in [0.2, 0.25) is 5.88 Å². The van der Waals surface area contributed by atoms with Crippen LogP contribution in [0.4, 0.5) is 5.82 Å². The van der Waals surface area contributed by atoms with Gasteiger partial charge in [-0.2, -0.15) is 0 Å². The van der Waals surface area contributed by atoms with Gasteiger partial charge in [-0.05, 0) is 26.3 Å². The molecule has 0 aromatic carbocycles. The predicted octanol–water partition coefficient (Wildman–Crippen LogP) is 1.09. The van der Waals surface area contributed by atoms with Gasteiger partial charge in [0, 0.05) is 13.1 Å². The van der Waals surface area contributed by atoms with E-state index in [0.717, 1.165) is 37.9 Å². The lowest BCUT2D eigenvalue weighted by atomic mass is 10.1. The summed E-state index contributed by atoms with van der Waals surface area (Å²) in [7, 11) is 2.14. The minimum atomic E-state index is 0.255. The third-order valence-corrected chi connectivity index (χ3v) is 3.24. The molecule has 0 spiro atoms. The molecule has 1 aromatic rings. The SMILES string of the molecule is CCc1c(N)ncnc1OC1CCN(C)CC1. The Morgan fingerprint density at radius 2 is 2.12 bits per heavy atom. The van der Waals surface area contributed by atoms with Gasteiger partial charge in [0.1, 0.15) is 18.2 Å². The van der Waals surface area contributed by atoms with Crippen LogP contribution in [0, 0.1) is 0 Å². The van der Waals surface area contributed by atoms with Crippen molar-refractivity contribution in [2.75, 3.05) is 25.9 Å². The maximum Gasteiger partial charge on any atom is 0.222 e. The lowest BCUT2D eigenvalue weighted by Crippen LogP contribution is -2.36. The summed E-state index contributed by atoms with van der Waals surface area (Å²) < 4.78 is 5.95. The largest absolute Gasteiger partial charge is 0.474 e. The summed E-state index contributed by atoms with van der Waals surface area (Å²) in [6, 6.07) is 0. The number of nitrogens with two attached hydrogens (primary N) is 1. The molecule has 0 amide bonds. The Morgan fingerprint density at radius 3 is 2.76 bits per heavy atom. The standard InChI is InChI=1S/C12H20N4O/c1-3-10-11(13)14-8-15-12(10)17-9-4-6-16(2)7-5-9/h8-9H,3-7H2,1-2H3,(H2,13,14,15). The van der Waals surface area contributed by atoms with Crippen molar-refractivity contribution >= 4 is 5.82 Å². The third kappa shape index (κ3) is 2.85. The van der Waals surface area contributed by atoms with Gasteiger partial charge < -0.3 is 15.4 Å². The van der Waals surface area contributed by atoms with Crippen LogP contribution >= 0.6 is 0 Å². The highest BCUT2D eigenvalue weighted by molar-refractivity contribution is 5.44. The molecular formula is C12H20N4O. The van der Waals surface area contributed by atoms with Crippen molar-refractivity contribution in [3.05, 3.63) is 11.9 Å². The van der Waals surface area contributed by atoms with Crippen molar-refractivity contribution in [1.82, 2.24) is 14.9 Å². The average Bonchev–Trinajstić information content (AvgIpc) is 2.32. The lowest BCUT2D eigenvalue weighted by molar-refractivity contribution is 0.109. The molecule has 1 fully saturated rings. The molecule has 0 bridgehead atoms. The van der Waals surface area contributed by atoms with Gasteiger partial charge in [0.15, 0.2) is 0 Å². The molecule has 2 N–H and O–H groups in total. The Balaban J connectivity index is 2.05. The summed E-state index contributed by atoms with van der Waals surface area (Å²) in [5.41, 5.74) is 6.74. The number of nitrogens with zero attached hydrogens (tertiary/aromatic N) is 3. The molecule has 1 saturated heterocycles. The van der Waals surface area contributed by atoms with E-state index in [2.05, 4.69) is 21.9 Å². The quantitative estimate of drug-likeness (QED) is 0.851. The first-order valence-electron chi connectivity index (χ1n) is 6.15. The fourth-order valence-electron chi connectivity index (χ4n) is 2.10. The number of hydrogen-bond donors (Lipinski definition) is 1. The second-order valence-electron chi connectivity index (χ2n) is 4.52.